The van der Waals surface area contributed by atoms with Crippen molar-refractivity contribution < 1.29 is 23.8 Å². The summed E-state index contributed by atoms with van der Waals surface area (Å²) in [5.41, 5.74) is 0.848. The highest BCUT2D eigenvalue weighted by atomic mass is 16.5. The molecule has 0 aromatic heterocycles. The van der Waals surface area contributed by atoms with Gasteiger partial charge in [-0.3, -0.25) is 4.79 Å². The van der Waals surface area contributed by atoms with Crippen molar-refractivity contribution in [2.24, 2.45) is 0 Å². The maximum absolute atomic E-state index is 11.9. The lowest BCUT2D eigenvalue weighted by Gasteiger charge is -2.13. The van der Waals surface area contributed by atoms with Crippen molar-refractivity contribution in [1.29, 1.82) is 0 Å². The van der Waals surface area contributed by atoms with Crippen LogP contribution in [0.4, 0.5) is 0 Å². The van der Waals surface area contributed by atoms with Crippen LogP contribution in [0, 0.1) is 0 Å². The lowest BCUT2D eigenvalue weighted by atomic mass is 10.2. The van der Waals surface area contributed by atoms with Gasteiger partial charge in [-0.25, -0.2) is 4.79 Å². The summed E-state index contributed by atoms with van der Waals surface area (Å²) < 4.78 is 15.4. The van der Waals surface area contributed by atoms with Gasteiger partial charge in [0.15, 0.2) is 17.6 Å². The summed E-state index contributed by atoms with van der Waals surface area (Å²) in [6, 6.07) is 5.36. The highest BCUT2D eigenvalue weighted by molar-refractivity contribution is 5.87. The van der Waals surface area contributed by atoms with Crippen LogP contribution in [-0.4, -0.2) is 32.2 Å². The number of ether oxygens (including phenoxy) is 3. The van der Waals surface area contributed by atoms with Gasteiger partial charge in [0.05, 0.1) is 14.2 Å². The van der Waals surface area contributed by atoms with E-state index in [1.54, 1.807) is 32.4 Å². The Labute approximate surface area is 136 Å². The van der Waals surface area contributed by atoms with Gasteiger partial charge in [0.2, 0.25) is 0 Å². The third kappa shape index (κ3) is 6.02. The number of allylic oxidation sites excluding steroid dienone is 1. The lowest BCUT2D eigenvalue weighted by Crippen LogP contribution is -2.35. The Morgan fingerprint density at radius 3 is 2.52 bits per heavy atom. The van der Waals surface area contributed by atoms with Gasteiger partial charge in [-0.1, -0.05) is 19.1 Å². The van der Waals surface area contributed by atoms with E-state index in [2.05, 4.69) is 5.32 Å². The number of benzene rings is 1. The molecular formula is C17H23NO5. The Hall–Kier alpha value is -2.50. The molecule has 0 spiro atoms. The molecule has 1 atom stereocenters. The average molecular weight is 321 g/mol. The summed E-state index contributed by atoms with van der Waals surface area (Å²) in [5.74, 6) is 0.315. The van der Waals surface area contributed by atoms with Crippen LogP contribution in [0.3, 0.4) is 0 Å². The second-order valence-electron chi connectivity index (χ2n) is 4.80. The van der Waals surface area contributed by atoms with Crippen LogP contribution in [0.1, 0.15) is 25.8 Å². The van der Waals surface area contributed by atoms with Crippen LogP contribution in [0.25, 0.3) is 0 Å². The molecular weight excluding hydrogens is 298 g/mol. The predicted molar refractivity (Wildman–Crippen MR) is 86.4 cm³/mol. The van der Waals surface area contributed by atoms with Crippen molar-refractivity contribution in [3.05, 3.63) is 35.9 Å². The summed E-state index contributed by atoms with van der Waals surface area (Å²) >= 11 is 0. The van der Waals surface area contributed by atoms with Crippen LogP contribution in [0.2, 0.25) is 0 Å². The highest BCUT2D eigenvalue weighted by Gasteiger charge is 2.16. The summed E-state index contributed by atoms with van der Waals surface area (Å²) in [4.78, 5) is 23.4. The zero-order valence-corrected chi connectivity index (χ0v) is 13.9. The van der Waals surface area contributed by atoms with Crippen molar-refractivity contribution in [2.75, 3.05) is 14.2 Å². The fraction of sp³-hybridized carbons (Fsp3) is 0.412. The summed E-state index contributed by atoms with van der Waals surface area (Å²) in [5, 5.41) is 2.71. The Morgan fingerprint density at radius 2 is 1.91 bits per heavy atom. The molecule has 1 amide bonds. The third-order valence-electron chi connectivity index (χ3n) is 3.07. The molecule has 1 N–H and O–H groups in total. The minimum Gasteiger partial charge on any atom is -0.493 e. The molecule has 0 aliphatic heterocycles. The van der Waals surface area contributed by atoms with Gasteiger partial charge >= 0.3 is 5.97 Å². The first-order chi connectivity index (χ1) is 11.0. The molecule has 0 radical (unpaired) electrons. The van der Waals surface area contributed by atoms with Crippen molar-refractivity contribution in [3.63, 3.8) is 0 Å². The molecule has 0 bridgehead atoms. The molecule has 0 unspecified atom stereocenters. The van der Waals surface area contributed by atoms with Gasteiger partial charge in [-0.05, 0) is 31.0 Å². The maximum atomic E-state index is 11.9. The Morgan fingerprint density at radius 1 is 1.22 bits per heavy atom. The minimum absolute atomic E-state index is 0.297. The van der Waals surface area contributed by atoms with E-state index in [-0.39, 0.29) is 5.91 Å². The van der Waals surface area contributed by atoms with Gasteiger partial charge in [0, 0.05) is 12.6 Å². The number of amides is 1. The molecule has 0 saturated carbocycles. The molecule has 1 aromatic carbocycles. The number of rotatable bonds is 8. The van der Waals surface area contributed by atoms with E-state index in [4.69, 9.17) is 14.2 Å². The summed E-state index contributed by atoms with van der Waals surface area (Å²) in [7, 11) is 3.11. The fourth-order valence-corrected chi connectivity index (χ4v) is 1.80. The first kappa shape index (κ1) is 18.5. The minimum atomic E-state index is -0.857. The summed E-state index contributed by atoms with van der Waals surface area (Å²) in [6.07, 6.45) is 2.87. The molecule has 126 valence electrons. The predicted octanol–water partition coefficient (Wildman–Crippen LogP) is 2.22. The van der Waals surface area contributed by atoms with E-state index in [0.29, 0.717) is 18.0 Å². The van der Waals surface area contributed by atoms with Crippen LogP contribution in [0.5, 0.6) is 11.5 Å². The van der Waals surface area contributed by atoms with Crippen LogP contribution >= 0.6 is 0 Å². The molecule has 0 aliphatic carbocycles. The topological polar surface area (TPSA) is 73.9 Å². The van der Waals surface area contributed by atoms with Crippen LogP contribution in [0.15, 0.2) is 30.4 Å². The SMILES string of the molecule is CC/C=C/C(=O)O[C@@H](C)C(=O)NCc1ccc(OC)c(OC)c1. The zero-order valence-electron chi connectivity index (χ0n) is 13.9. The Kier molecular flexibility index (Phi) is 7.66. The van der Waals surface area contributed by atoms with E-state index in [9.17, 15) is 9.59 Å². The first-order valence-corrected chi connectivity index (χ1v) is 7.37. The number of hydrogen-bond acceptors (Lipinski definition) is 5. The number of nitrogens with one attached hydrogen (secondary N) is 1. The van der Waals surface area contributed by atoms with E-state index >= 15 is 0 Å². The second-order valence-corrected chi connectivity index (χ2v) is 4.80. The number of methoxy groups -OCH3 is 2. The van der Waals surface area contributed by atoms with Crippen molar-refractivity contribution in [1.82, 2.24) is 5.32 Å². The lowest BCUT2D eigenvalue weighted by molar-refractivity contribution is -0.150. The molecule has 1 rings (SSSR count). The van der Waals surface area contributed by atoms with E-state index in [0.717, 1.165) is 12.0 Å². The monoisotopic (exact) mass is 321 g/mol. The van der Waals surface area contributed by atoms with Gasteiger partial charge in [-0.2, -0.15) is 0 Å². The normalized spacial score (nSPS) is 11.8. The number of carbonyl (C=O) groups excluding carboxylic acids is 2. The van der Waals surface area contributed by atoms with Crippen molar-refractivity contribution in [3.8, 4) is 11.5 Å². The van der Waals surface area contributed by atoms with Crippen LogP contribution < -0.4 is 14.8 Å². The van der Waals surface area contributed by atoms with Gasteiger partial charge in [0.1, 0.15) is 0 Å². The smallest absolute Gasteiger partial charge is 0.331 e. The Balaban J connectivity index is 2.55. The maximum Gasteiger partial charge on any atom is 0.331 e. The molecule has 0 fully saturated rings. The zero-order chi connectivity index (χ0) is 17.2. The van der Waals surface area contributed by atoms with Gasteiger partial charge < -0.3 is 19.5 Å². The second kappa shape index (κ2) is 9.50. The Bertz CT molecular complexity index is 568. The van der Waals surface area contributed by atoms with Crippen molar-refractivity contribution in [2.45, 2.75) is 32.9 Å². The largest absolute Gasteiger partial charge is 0.493 e. The average Bonchev–Trinajstić information content (AvgIpc) is 2.57. The number of hydrogen-bond donors (Lipinski definition) is 1. The van der Waals surface area contributed by atoms with E-state index in [1.807, 2.05) is 13.0 Å². The molecule has 1 aromatic rings. The quantitative estimate of drug-likeness (QED) is 0.587. The van der Waals surface area contributed by atoms with Crippen molar-refractivity contribution >= 4 is 11.9 Å². The molecule has 0 heterocycles. The molecule has 6 nitrogen and oxygen atoms in total. The fourth-order valence-electron chi connectivity index (χ4n) is 1.80. The molecule has 0 saturated heterocycles. The third-order valence-corrected chi connectivity index (χ3v) is 3.07. The van der Waals surface area contributed by atoms with E-state index in [1.165, 1.54) is 13.0 Å². The number of carbonyl (C=O) groups is 2. The van der Waals surface area contributed by atoms with Gasteiger partial charge in [-0.15, -0.1) is 0 Å². The van der Waals surface area contributed by atoms with Crippen LogP contribution in [-0.2, 0) is 20.9 Å². The number of esters is 1. The molecule has 6 heteroatoms. The highest BCUT2D eigenvalue weighted by Crippen LogP contribution is 2.27. The summed E-state index contributed by atoms with van der Waals surface area (Å²) in [6.45, 7) is 3.73. The van der Waals surface area contributed by atoms with Gasteiger partial charge in [0.25, 0.3) is 5.91 Å². The molecule has 0 aliphatic rings. The first-order valence-electron chi connectivity index (χ1n) is 7.37. The molecule has 23 heavy (non-hydrogen) atoms. The standard InChI is InChI=1S/C17H23NO5/c1-5-6-7-16(19)23-12(2)17(20)18-11-13-8-9-14(21-3)15(10-13)22-4/h6-10,12H,5,11H2,1-4H3,(H,18,20)/b7-6+/t12-/m0/s1. The van der Waals surface area contributed by atoms with E-state index < -0.39 is 12.1 Å².